The maximum atomic E-state index is 13.4. The summed E-state index contributed by atoms with van der Waals surface area (Å²) in [6.45, 7) is 2.00. The number of nitrogens with one attached hydrogen (secondary N) is 1. The van der Waals surface area contributed by atoms with Crippen molar-refractivity contribution >= 4 is 23.6 Å². The highest BCUT2D eigenvalue weighted by molar-refractivity contribution is 5.94. The van der Waals surface area contributed by atoms with Gasteiger partial charge in [-0.3, -0.25) is 4.79 Å². The van der Waals surface area contributed by atoms with Gasteiger partial charge in [-0.25, -0.2) is 9.18 Å². The molecule has 2 aromatic rings. The van der Waals surface area contributed by atoms with Crippen LogP contribution in [0.2, 0.25) is 0 Å². The van der Waals surface area contributed by atoms with Crippen molar-refractivity contribution in [3.05, 3.63) is 66.0 Å². The summed E-state index contributed by atoms with van der Waals surface area (Å²) in [6.07, 6.45) is 2.37. The Morgan fingerprint density at radius 3 is 2.52 bits per heavy atom. The number of esters is 1. The molecule has 0 aliphatic heterocycles. The van der Waals surface area contributed by atoms with Crippen molar-refractivity contribution in [3.63, 3.8) is 0 Å². The SMILES string of the molecule is CCOc1ccc(NC(=O)COC(=O)/C=C/c2ccccc2F)cc1. The lowest BCUT2D eigenvalue weighted by atomic mass is 10.2. The fourth-order valence-corrected chi connectivity index (χ4v) is 1.95. The Hall–Kier alpha value is -3.15. The number of anilines is 1. The zero-order chi connectivity index (χ0) is 18.1. The quantitative estimate of drug-likeness (QED) is 0.618. The van der Waals surface area contributed by atoms with Crippen molar-refractivity contribution in [3.8, 4) is 5.75 Å². The number of hydrogen-bond acceptors (Lipinski definition) is 4. The number of amides is 1. The fraction of sp³-hybridized carbons (Fsp3) is 0.158. The molecule has 0 heterocycles. The monoisotopic (exact) mass is 343 g/mol. The molecule has 0 aliphatic carbocycles. The highest BCUT2D eigenvalue weighted by atomic mass is 19.1. The van der Waals surface area contributed by atoms with Crippen LogP contribution in [0.1, 0.15) is 12.5 Å². The highest BCUT2D eigenvalue weighted by Gasteiger charge is 2.06. The average molecular weight is 343 g/mol. The minimum absolute atomic E-state index is 0.262. The van der Waals surface area contributed by atoms with Gasteiger partial charge in [0.1, 0.15) is 11.6 Å². The minimum Gasteiger partial charge on any atom is -0.494 e. The maximum absolute atomic E-state index is 13.4. The normalized spacial score (nSPS) is 10.5. The van der Waals surface area contributed by atoms with Crippen LogP contribution in [0.5, 0.6) is 5.75 Å². The number of carbonyl (C=O) groups is 2. The first-order chi connectivity index (χ1) is 12.1. The van der Waals surface area contributed by atoms with Crippen LogP contribution >= 0.6 is 0 Å². The molecule has 0 saturated carbocycles. The first-order valence-corrected chi connectivity index (χ1v) is 7.70. The fourth-order valence-electron chi connectivity index (χ4n) is 1.95. The van der Waals surface area contributed by atoms with Gasteiger partial charge in [0.25, 0.3) is 5.91 Å². The summed E-state index contributed by atoms with van der Waals surface area (Å²) in [5.41, 5.74) is 0.824. The van der Waals surface area contributed by atoms with E-state index >= 15 is 0 Å². The van der Waals surface area contributed by atoms with Gasteiger partial charge in [-0.05, 0) is 43.3 Å². The zero-order valence-electron chi connectivity index (χ0n) is 13.7. The van der Waals surface area contributed by atoms with Gasteiger partial charge in [0.2, 0.25) is 0 Å². The molecule has 2 aromatic carbocycles. The van der Waals surface area contributed by atoms with E-state index in [0.29, 0.717) is 18.0 Å². The topological polar surface area (TPSA) is 64.6 Å². The van der Waals surface area contributed by atoms with E-state index < -0.39 is 24.3 Å². The summed E-state index contributed by atoms with van der Waals surface area (Å²) in [7, 11) is 0. The Bertz CT molecular complexity index is 756. The first kappa shape index (κ1) is 18.2. The molecule has 5 nitrogen and oxygen atoms in total. The molecule has 0 atom stereocenters. The van der Waals surface area contributed by atoms with Gasteiger partial charge < -0.3 is 14.8 Å². The minimum atomic E-state index is -0.731. The van der Waals surface area contributed by atoms with Crippen LogP contribution in [0.4, 0.5) is 10.1 Å². The van der Waals surface area contributed by atoms with E-state index in [0.717, 1.165) is 6.08 Å². The molecule has 0 bridgehead atoms. The second-order valence-electron chi connectivity index (χ2n) is 4.97. The molecule has 0 fully saturated rings. The smallest absolute Gasteiger partial charge is 0.331 e. The first-order valence-electron chi connectivity index (χ1n) is 7.70. The lowest BCUT2D eigenvalue weighted by molar-refractivity contribution is -0.142. The molecule has 1 amide bonds. The maximum Gasteiger partial charge on any atom is 0.331 e. The molecule has 2 rings (SSSR count). The van der Waals surface area contributed by atoms with E-state index in [-0.39, 0.29) is 5.56 Å². The second-order valence-corrected chi connectivity index (χ2v) is 4.97. The second kappa shape index (κ2) is 9.22. The molecular weight excluding hydrogens is 325 g/mol. The van der Waals surface area contributed by atoms with Crippen molar-refractivity contribution < 1.29 is 23.5 Å². The summed E-state index contributed by atoms with van der Waals surface area (Å²) in [5, 5.41) is 2.59. The summed E-state index contributed by atoms with van der Waals surface area (Å²) in [6, 6.07) is 12.8. The van der Waals surface area contributed by atoms with Crippen LogP contribution in [-0.4, -0.2) is 25.1 Å². The average Bonchev–Trinajstić information content (AvgIpc) is 2.61. The summed E-state index contributed by atoms with van der Waals surface area (Å²) in [5.74, 6) is -0.952. The van der Waals surface area contributed by atoms with Crippen molar-refractivity contribution in [1.29, 1.82) is 0 Å². The Balaban J connectivity index is 1.79. The Morgan fingerprint density at radius 1 is 1.12 bits per heavy atom. The summed E-state index contributed by atoms with van der Waals surface area (Å²) < 4.78 is 23.5. The van der Waals surface area contributed by atoms with Gasteiger partial charge >= 0.3 is 5.97 Å². The third-order valence-corrected chi connectivity index (χ3v) is 3.10. The van der Waals surface area contributed by atoms with Crippen molar-refractivity contribution in [2.24, 2.45) is 0 Å². The van der Waals surface area contributed by atoms with Gasteiger partial charge in [0.15, 0.2) is 6.61 Å². The lowest BCUT2D eigenvalue weighted by Crippen LogP contribution is -2.20. The van der Waals surface area contributed by atoms with Crippen LogP contribution in [0.15, 0.2) is 54.6 Å². The van der Waals surface area contributed by atoms with Gasteiger partial charge in [0, 0.05) is 17.3 Å². The predicted molar refractivity (Wildman–Crippen MR) is 92.6 cm³/mol. The molecule has 0 aliphatic rings. The van der Waals surface area contributed by atoms with Crippen LogP contribution in [0.3, 0.4) is 0 Å². The number of carbonyl (C=O) groups excluding carboxylic acids is 2. The number of hydrogen-bond donors (Lipinski definition) is 1. The van der Waals surface area contributed by atoms with E-state index in [9.17, 15) is 14.0 Å². The molecular formula is C19H18FNO4. The predicted octanol–water partition coefficient (Wildman–Crippen LogP) is 3.42. The molecule has 25 heavy (non-hydrogen) atoms. The van der Waals surface area contributed by atoms with Crippen molar-refractivity contribution in [2.75, 3.05) is 18.5 Å². The third-order valence-electron chi connectivity index (χ3n) is 3.10. The molecule has 6 heteroatoms. The number of halogens is 1. The van der Waals surface area contributed by atoms with E-state index in [1.165, 1.54) is 18.2 Å². The third kappa shape index (κ3) is 6.10. The number of benzene rings is 2. The highest BCUT2D eigenvalue weighted by Crippen LogP contribution is 2.15. The van der Waals surface area contributed by atoms with E-state index in [4.69, 9.17) is 9.47 Å². The van der Waals surface area contributed by atoms with Crippen LogP contribution in [0.25, 0.3) is 6.08 Å². The van der Waals surface area contributed by atoms with Crippen LogP contribution in [-0.2, 0) is 14.3 Å². The van der Waals surface area contributed by atoms with Gasteiger partial charge in [0.05, 0.1) is 6.61 Å². The molecule has 1 N–H and O–H groups in total. The lowest BCUT2D eigenvalue weighted by Gasteiger charge is -2.07. The van der Waals surface area contributed by atoms with Gasteiger partial charge in [-0.2, -0.15) is 0 Å². The van der Waals surface area contributed by atoms with E-state index in [2.05, 4.69) is 5.32 Å². The largest absolute Gasteiger partial charge is 0.494 e. The standard InChI is InChI=1S/C19H18FNO4/c1-2-24-16-10-8-15(9-11-16)21-18(22)13-25-19(23)12-7-14-5-3-4-6-17(14)20/h3-12H,2,13H2,1H3,(H,21,22)/b12-7+. The summed E-state index contributed by atoms with van der Waals surface area (Å²) >= 11 is 0. The zero-order valence-corrected chi connectivity index (χ0v) is 13.7. The number of ether oxygens (including phenoxy) is 2. The molecule has 0 radical (unpaired) electrons. The van der Waals surface area contributed by atoms with Gasteiger partial charge in [-0.15, -0.1) is 0 Å². The molecule has 130 valence electrons. The van der Waals surface area contributed by atoms with Crippen LogP contribution < -0.4 is 10.1 Å². The Labute approximate surface area is 145 Å². The Morgan fingerprint density at radius 2 is 1.84 bits per heavy atom. The van der Waals surface area contributed by atoms with Crippen LogP contribution in [0, 0.1) is 5.82 Å². The number of rotatable bonds is 7. The molecule has 0 spiro atoms. The van der Waals surface area contributed by atoms with Crippen molar-refractivity contribution in [1.82, 2.24) is 0 Å². The summed E-state index contributed by atoms with van der Waals surface area (Å²) in [4.78, 5) is 23.3. The molecule has 0 saturated heterocycles. The van der Waals surface area contributed by atoms with Crippen molar-refractivity contribution in [2.45, 2.75) is 6.92 Å². The molecule has 0 unspecified atom stereocenters. The van der Waals surface area contributed by atoms with E-state index in [1.54, 1.807) is 36.4 Å². The Kier molecular flexibility index (Phi) is 6.71. The van der Waals surface area contributed by atoms with E-state index in [1.807, 2.05) is 6.92 Å². The molecule has 0 aromatic heterocycles. The van der Waals surface area contributed by atoms with Gasteiger partial charge in [-0.1, -0.05) is 18.2 Å².